The number of aliphatic hydroxyl groups is 1. The minimum absolute atomic E-state index is 0. The molecule has 1 fully saturated rings. The molecule has 1 aliphatic carbocycles. The van der Waals surface area contributed by atoms with Crippen molar-refractivity contribution in [2.45, 2.75) is 56.8 Å². The summed E-state index contributed by atoms with van der Waals surface area (Å²) >= 11 is 8.04. The maximum atomic E-state index is 11.5. The van der Waals surface area contributed by atoms with E-state index >= 15 is 0 Å². The molecule has 7 heteroatoms. The van der Waals surface area contributed by atoms with Crippen LogP contribution in [0.15, 0.2) is 78.9 Å². The monoisotopic (exact) mass is 611 g/mol. The van der Waals surface area contributed by atoms with Crippen LogP contribution in [-0.2, 0) is 16.8 Å². The van der Waals surface area contributed by atoms with E-state index in [1.807, 2.05) is 74.1 Å². The molecule has 1 aromatic heterocycles. The summed E-state index contributed by atoms with van der Waals surface area (Å²) in [5.41, 5.74) is 5.15. The third kappa shape index (κ3) is 8.61. The fourth-order valence-electron chi connectivity index (χ4n) is 5.36. The van der Waals surface area contributed by atoms with E-state index in [9.17, 15) is 15.0 Å². The summed E-state index contributed by atoms with van der Waals surface area (Å²) in [5, 5.41) is 22.1. The van der Waals surface area contributed by atoms with E-state index in [4.69, 9.17) is 16.6 Å². The summed E-state index contributed by atoms with van der Waals surface area (Å²) in [5.74, 6) is 0.122. The molecule has 216 valence electrons. The first kappa shape index (κ1) is 32.6. The van der Waals surface area contributed by atoms with E-state index in [-0.39, 0.29) is 43.0 Å². The normalized spacial score (nSPS) is 15.0. The van der Waals surface area contributed by atoms with Crippen LogP contribution in [0.2, 0.25) is 5.02 Å². The van der Waals surface area contributed by atoms with Gasteiger partial charge in [0.1, 0.15) is 0 Å². The molecule has 1 unspecified atom stereocenters. The molecule has 4 nitrogen and oxygen atoms in total. The maximum absolute atomic E-state index is 11.5. The summed E-state index contributed by atoms with van der Waals surface area (Å²) in [4.78, 5) is 16.2. The van der Waals surface area contributed by atoms with Crippen LogP contribution in [0.4, 0.5) is 0 Å². The molecule has 0 aliphatic heterocycles. The zero-order valence-electron chi connectivity index (χ0n) is 26.2. The van der Waals surface area contributed by atoms with Gasteiger partial charge in [-0.05, 0) is 91.5 Å². The summed E-state index contributed by atoms with van der Waals surface area (Å²) < 4.78 is 0. The molecular formula is C35H38ClMgNO3S. The number of hydrogen-bond donors (Lipinski definition) is 2. The second kappa shape index (κ2) is 14.0. The van der Waals surface area contributed by atoms with Gasteiger partial charge < -0.3 is 13.1 Å². The minimum Gasteiger partial charge on any atom is -1.00 e. The van der Waals surface area contributed by atoms with Crippen LogP contribution in [0, 0.1) is 5.41 Å². The number of carbonyl (C=O) groups is 1. The van der Waals surface area contributed by atoms with Gasteiger partial charge in [-0.15, -0.1) is 0 Å². The van der Waals surface area contributed by atoms with E-state index in [1.54, 1.807) is 0 Å². The fraction of sp³-hybridized carbons (Fsp3) is 0.314. The molecule has 4 aromatic rings. The van der Waals surface area contributed by atoms with Gasteiger partial charge >= 0.3 is 29.0 Å². The largest absolute Gasteiger partial charge is 2.00 e. The van der Waals surface area contributed by atoms with Crippen LogP contribution in [0.3, 0.4) is 0 Å². The Hall–Kier alpha value is -2.35. The van der Waals surface area contributed by atoms with Crippen molar-refractivity contribution in [1.82, 2.24) is 4.98 Å². The second-order valence-electron chi connectivity index (χ2n) is 11.7. The van der Waals surface area contributed by atoms with Gasteiger partial charge in [-0.25, -0.2) is 4.98 Å². The molecule has 1 atom stereocenters. The third-order valence-corrected chi connectivity index (χ3v) is 9.76. The molecule has 2 N–H and O–H groups in total. The number of halogens is 1. The van der Waals surface area contributed by atoms with Crippen molar-refractivity contribution in [2.24, 2.45) is 5.41 Å². The van der Waals surface area contributed by atoms with Crippen molar-refractivity contribution in [1.29, 1.82) is 0 Å². The smallest absolute Gasteiger partial charge is 1.00 e. The van der Waals surface area contributed by atoms with E-state index in [1.165, 1.54) is 5.56 Å². The molecule has 1 saturated carbocycles. The quantitative estimate of drug-likeness (QED) is 0.157. The number of thioether (sulfide) groups is 1. The van der Waals surface area contributed by atoms with Crippen LogP contribution in [-0.4, -0.2) is 50.0 Å². The average molecular weight is 613 g/mol. The van der Waals surface area contributed by atoms with Crippen molar-refractivity contribution in [2.75, 3.05) is 5.75 Å². The summed E-state index contributed by atoms with van der Waals surface area (Å²) in [6.07, 6.45) is 8.02. The predicted molar refractivity (Wildman–Crippen MR) is 179 cm³/mol. The van der Waals surface area contributed by atoms with Crippen molar-refractivity contribution in [3.8, 4) is 0 Å². The molecule has 0 bridgehead atoms. The number of nitrogens with zero attached hydrogens (tertiary/aromatic N) is 1. The Morgan fingerprint density at radius 2 is 1.83 bits per heavy atom. The molecule has 1 heterocycles. The van der Waals surface area contributed by atoms with E-state index in [2.05, 4.69) is 42.5 Å². The number of pyridine rings is 1. The molecule has 0 saturated heterocycles. The number of hydrogen-bond acceptors (Lipinski definition) is 4. The zero-order chi connectivity index (χ0) is 29.0. The molecule has 0 amide bonds. The molecule has 1 aliphatic rings. The number of aromatic nitrogens is 1. The topological polar surface area (TPSA) is 70.4 Å². The van der Waals surface area contributed by atoms with Crippen LogP contribution in [0.25, 0.3) is 23.1 Å². The van der Waals surface area contributed by atoms with Crippen LogP contribution < -0.4 is 0 Å². The van der Waals surface area contributed by atoms with Gasteiger partial charge in [-0.1, -0.05) is 78.3 Å². The van der Waals surface area contributed by atoms with Gasteiger partial charge in [0.2, 0.25) is 0 Å². The molecule has 42 heavy (non-hydrogen) atoms. The van der Waals surface area contributed by atoms with Crippen LogP contribution >= 0.6 is 23.4 Å². The molecule has 5 rings (SSSR count). The van der Waals surface area contributed by atoms with Gasteiger partial charge in [0.25, 0.3) is 0 Å². The number of aryl methyl sites for hydroxylation is 1. The summed E-state index contributed by atoms with van der Waals surface area (Å²) in [6.45, 7) is 3.66. The number of fused-ring (bicyclic) bond motifs is 1. The first-order chi connectivity index (χ1) is 19.6. The first-order valence-corrected chi connectivity index (χ1v) is 15.5. The summed E-state index contributed by atoms with van der Waals surface area (Å²) in [6, 6.07) is 26.5. The minimum atomic E-state index is -0.911. The van der Waals surface area contributed by atoms with Gasteiger partial charge in [0.15, 0.2) is 0 Å². The van der Waals surface area contributed by atoms with Crippen molar-refractivity contribution < 1.29 is 17.9 Å². The Bertz CT molecular complexity index is 1590. The SMILES string of the molecule is CC(C)(O)c1ccccc1CCC(SCC1(CC(=O)O)CC1)c1cccc(/C=C/c2ccc3ccc(Cl)cc3n2)c1.[H-].[H-].[Mg+2]. The van der Waals surface area contributed by atoms with Crippen molar-refractivity contribution in [3.05, 3.63) is 112 Å². The molecular weight excluding hydrogens is 574 g/mol. The Labute approximate surface area is 276 Å². The van der Waals surface area contributed by atoms with Crippen LogP contribution in [0.1, 0.15) is 75.6 Å². The Morgan fingerprint density at radius 3 is 2.57 bits per heavy atom. The van der Waals surface area contributed by atoms with Gasteiger partial charge in [-0.3, -0.25) is 4.79 Å². The zero-order valence-corrected chi connectivity index (χ0v) is 27.2. The third-order valence-electron chi connectivity index (χ3n) is 7.83. The van der Waals surface area contributed by atoms with Gasteiger partial charge in [0.05, 0.1) is 23.2 Å². The molecule has 0 spiro atoms. The van der Waals surface area contributed by atoms with E-state index in [0.29, 0.717) is 5.02 Å². The average Bonchev–Trinajstić information content (AvgIpc) is 3.70. The Kier molecular flexibility index (Phi) is 10.8. The Balaban J connectivity index is 0.00000225. The maximum Gasteiger partial charge on any atom is 2.00 e. The van der Waals surface area contributed by atoms with E-state index in [0.717, 1.165) is 64.7 Å². The van der Waals surface area contributed by atoms with Gasteiger partial charge in [-0.2, -0.15) is 11.8 Å². The molecule has 3 aromatic carbocycles. The summed E-state index contributed by atoms with van der Waals surface area (Å²) in [7, 11) is 0. The first-order valence-electron chi connectivity index (χ1n) is 14.1. The predicted octanol–water partition coefficient (Wildman–Crippen LogP) is 8.79. The number of carboxylic acids is 1. The Morgan fingerprint density at radius 1 is 1.07 bits per heavy atom. The standard InChI is InChI=1S/C35H36ClNO3S.Mg.2H/c1-34(2,40)30-9-4-3-7-25(30)13-17-32(41-23-35(18-19-35)22-33(38)39)27-8-5-6-24(20-27)10-15-29-16-12-26-11-14-28(36)21-31(26)37-29;;;/h3-12,14-16,20-21,32,40H,13,17-19,22-23H2,1-2H3,(H,38,39);;;/q;+2;2*-1/b15-10+;;;. The van der Waals surface area contributed by atoms with Crippen LogP contribution in [0.5, 0.6) is 0 Å². The second-order valence-corrected chi connectivity index (χ2v) is 13.3. The van der Waals surface area contributed by atoms with E-state index < -0.39 is 11.6 Å². The fourth-order valence-corrected chi connectivity index (χ4v) is 7.09. The number of carboxylic acid groups (broad SMARTS) is 1. The number of benzene rings is 3. The van der Waals surface area contributed by atoms with Crippen molar-refractivity contribution >= 4 is 75.4 Å². The van der Waals surface area contributed by atoms with Crippen molar-refractivity contribution in [3.63, 3.8) is 0 Å². The molecule has 0 radical (unpaired) electrons. The number of aliphatic carboxylic acids is 1. The number of rotatable bonds is 12. The van der Waals surface area contributed by atoms with Gasteiger partial charge in [0, 0.05) is 21.4 Å².